The first-order valence-electron chi connectivity index (χ1n) is 8.68. The molecule has 1 unspecified atom stereocenters. The van der Waals surface area contributed by atoms with Gasteiger partial charge in [0, 0.05) is 18.2 Å². The maximum Gasteiger partial charge on any atom is 0.267 e. The summed E-state index contributed by atoms with van der Waals surface area (Å²) in [6.07, 6.45) is 1.83. The van der Waals surface area contributed by atoms with Crippen LogP contribution in [0.1, 0.15) is 24.0 Å². The van der Waals surface area contributed by atoms with E-state index in [0.717, 1.165) is 22.5 Å². The molecule has 2 aromatic heterocycles. The third-order valence-electron chi connectivity index (χ3n) is 4.20. The molecule has 3 heterocycles. The molecule has 8 nitrogen and oxygen atoms in total. The van der Waals surface area contributed by atoms with Gasteiger partial charge in [0.25, 0.3) is 5.56 Å². The zero-order valence-electron chi connectivity index (χ0n) is 14.7. The Labute approximate surface area is 169 Å². The summed E-state index contributed by atoms with van der Waals surface area (Å²) in [6, 6.07) is 10.1. The largest absolute Gasteiger partial charge is 0.371 e. The fourth-order valence-electron chi connectivity index (χ4n) is 2.86. The first-order valence-corrected chi connectivity index (χ1v) is 9.87. The van der Waals surface area contributed by atoms with Gasteiger partial charge in [0.1, 0.15) is 17.7 Å². The predicted molar refractivity (Wildman–Crippen MR) is 105 cm³/mol. The van der Waals surface area contributed by atoms with Gasteiger partial charge < -0.3 is 4.74 Å². The fourth-order valence-corrected chi connectivity index (χ4v) is 3.93. The summed E-state index contributed by atoms with van der Waals surface area (Å²) in [5.41, 5.74) is 0.807. The summed E-state index contributed by atoms with van der Waals surface area (Å²) in [7, 11) is 0. The van der Waals surface area contributed by atoms with E-state index in [1.807, 2.05) is 12.1 Å². The highest BCUT2D eigenvalue weighted by molar-refractivity contribution is 7.15. The van der Waals surface area contributed by atoms with Crippen LogP contribution < -0.4 is 10.9 Å². The van der Waals surface area contributed by atoms with Crippen molar-refractivity contribution in [3.63, 3.8) is 0 Å². The summed E-state index contributed by atoms with van der Waals surface area (Å²) >= 11 is 7.46. The Morgan fingerprint density at radius 3 is 2.93 bits per heavy atom. The van der Waals surface area contributed by atoms with Gasteiger partial charge in [0.15, 0.2) is 0 Å². The molecule has 1 saturated heterocycles. The molecule has 1 aliphatic rings. The molecule has 28 heavy (non-hydrogen) atoms. The molecule has 1 aliphatic heterocycles. The summed E-state index contributed by atoms with van der Waals surface area (Å²) in [5.74, 6) is -0.416. The molecule has 0 radical (unpaired) electrons. The second-order valence-corrected chi connectivity index (χ2v) is 7.61. The van der Waals surface area contributed by atoms with E-state index in [1.165, 1.54) is 17.4 Å². The van der Waals surface area contributed by atoms with Crippen LogP contribution in [-0.2, 0) is 16.1 Å². The van der Waals surface area contributed by atoms with E-state index in [1.54, 1.807) is 18.2 Å². The van der Waals surface area contributed by atoms with Crippen LogP contribution in [0.25, 0.3) is 11.3 Å². The van der Waals surface area contributed by atoms with Crippen LogP contribution in [0.15, 0.2) is 41.2 Å². The van der Waals surface area contributed by atoms with Crippen molar-refractivity contribution >= 4 is 34.0 Å². The van der Waals surface area contributed by atoms with Crippen LogP contribution in [0.2, 0.25) is 5.02 Å². The first kappa shape index (κ1) is 18.7. The zero-order valence-corrected chi connectivity index (χ0v) is 16.2. The van der Waals surface area contributed by atoms with E-state index >= 15 is 0 Å². The lowest BCUT2D eigenvalue weighted by Gasteiger charge is -2.08. The second kappa shape index (κ2) is 8.17. The van der Waals surface area contributed by atoms with Crippen molar-refractivity contribution in [1.82, 2.24) is 20.0 Å². The molecular formula is C18H16ClN5O3S. The maximum absolute atomic E-state index is 12.4. The lowest BCUT2D eigenvalue weighted by molar-refractivity contribution is -0.117. The summed E-state index contributed by atoms with van der Waals surface area (Å²) < 4.78 is 6.66. The second-order valence-electron chi connectivity index (χ2n) is 6.19. The molecule has 0 saturated carbocycles. The quantitative estimate of drug-likeness (QED) is 0.685. The molecule has 3 aromatic rings. The number of nitrogens with zero attached hydrogens (tertiary/aromatic N) is 4. The van der Waals surface area contributed by atoms with Gasteiger partial charge in [-0.1, -0.05) is 41.1 Å². The molecule has 10 heteroatoms. The molecule has 4 rings (SSSR count). The third-order valence-corrected chi connectivity index (χ3v) is 5.46. The third kappa shape index (κ3) is 4.11. The topological polar surface area (TPSA) is 99.0 Å². The molecular weight excluding hydrogens is 402 g/mol. The number of amides is 1. The molecule has 1 fully saturated rings. The van der Waals surface area contributed by atoms with Crippen LogP contribution >= 0.6 is 22.9 Å². The van der Waals surface area contributed by atoms with Crippen molar-refractivity contribution in [2.75, 3.05) is 11.9 Å². The van der Waals surface area contributed by atoms with Crippen molar-refractivity contribution in [3.05, 3.63) is 56.8 Å². The smallest absolute Gasteiger partial charge is 0.267 e. The van der Waals surface area contributed by atoms with Gasteiger partial charge in [-0.15, -0.1) is 10.2 Å². The number of rotatable bonds is 5. The molecule has 1 aromatic carbocycles. The maximum atomic E-state index is 12.4. The van der Waals surface area contributed by atoms with Gasteiger partial charge in [0.2, 0.25) is 11.0 Å². The highest BCUT2D eigenvalue weighted by Gasteiger charge is 2.22. The number of aromatic nitrogens is 4. The summed E-state index contributed by atoms with van der Waals surface area (Å²) in [5, 5.41) is 16.6. The highest BCUT2D eigenvalue weighted by atomic mass is 35.5. The lowest BCUT2D eigenvalue weighted by Crippen LogP contribution is -2.29. The number of hydrogen-bond donors (Lipinski definition) is 1. The number of halogens is 1. The zero-order chi connectivity index (χ0) is 19.5. The average molecular weight is 418 g/mol. The Hall–Kier alpha value is -2.62. The van der Waals surface area contributed by atoms with Gasteiger partial charge in [0.05, 0.1) is 10.7 Å². The highest BCUT2D eigenvalue weighted by Crippen LogP contribution is 2.31. The van der Waals surface area contributed by atoms with E-state index in [-0.39, 0.29) is 18.2 Å². The first-order chi connectivity index (χ1) is 13.6. The van der Waals surface area contributed by atoms with E-state index in [0.29, 0.717) is 28.0 Å². The molecule has 1 atom stereocenters. The minimum absolute atomic E-state index is 0.0558. The standard InChI is InChI=1S/C18H16ClN5O3S/c19-12-5-2-1-4-11(12)13-7-8-16(26)24(23-13)10-15(25)20-18-22-21-17(28-18)14-6-3-9-27-14/h1-2,4-5,7-8,14H,3,6,9-10H2,(H,20,22,25). The van der Waals surface area contributed by atoms with Gasteiger partial charge >= 0.3 is 0 Å². The molecule has 1 N–H and O–H groups in total. The van der Waals surface area contributed by atoms with E-state index < -0.39 is 5.91 Å². The minimum atomic E-state index is -0.416. The Bertz CT molecular complexity index is 1060. The Balaban J connectivity index is 1.48. The average Bonchev–Trinajstić information content (AvgIpc) is 3.36. The van der Waals surface area contributed by atoms with Crippen molar-refractivity contribution in [1.29, 1.82) is 0 Å². The van der Waals surface area contributed by atoms with Gasteiger partial charge in [-0.25, -0.2) is 4.68 Å². The van der Waals surface area contributed by atoms with Gasteiger partial charge in [-0.2, -0.15) is 5.10 Å². The van der Waals surface area contributed by atoms with E-state index in [2.05, 4.69) is 20.6 Å². The summed E-state index contributed by atoms with van der Waals surface area (Å²) in [4.78, 5) is 24.4. The number of carbonyl (C=O) groups excluding carboxylic acids is 1. The van der Waals surface area contributed by atoms with E-state index in [4.69, 9.17) is 16.3 Å². The number of anilines is 1. The van der Waals surface area contributed by atoms with Crippen LogP contribution in [0.4, 0.5) is 5.13 Å². The minimum Gasteiger partial charge on any atom is -0.371 e. The number of ether oxygens (including phenoxy) is 1. The Morgan fingerprint density at radius 1 is 1.29 bits per heavy atom. The number of benzene rings is 1. The number of nitrogens with one attached hydrogen (secondary N) is 1. The van der Waals surface area contributed by atoms with E-state index in [9.17, 15) is 9.59 Å². The predicted octanol–water partition coefficient (Wildman–Crippen LogP) is 2.91. The Kier molecular flexibility index (Phi) is 5.47. The van der Waals surface area contributed by atoms with Gasteiger partial charge in [-0.05, 0) is 25.0 Å². The molecule has 0 bridgehead atoms. The Morgan fingerprint density at radius 2 is 2.14 bits per heavy atom. The lowest BCUT2D eigenvalue weighted by atomic mass is 10.1. The van der Waals surface area contributed by atoms with Crippen molar-refractivity contribution in [2.45, 2.75) is 25.5 Å². The number of carbonyl (C=O) groups is 1. The molecule has 144 valence electrons. The molecule has 1 amide bonds. The number of hydrogen-bond acceptors (Lipinski definition) is 7. The van der Waals surface area contributed by atoms with Gasteiger partial charge in [-0.3, -0.25) is 14.9 Å². The fraction of sp³-hybridized carbons (Fsp3) is 0.278. The summed E-state index contributed by atoms with van der Waals surface area (Å²) in [6.45, 7) is 0.467. The van der Waals surface area contributed by atoms with Crippen LogP contribution in [0.3, 0.4) is 0 Å². The van der Waals surface area contributed by atoms with Crippen LogP contribution in [0.5, 0.6) is 0 Å². The molecule has 0 aliphatic carbocycles. The monoisotopic (exact) mass is 417 g/mol. The normalized spacial score (nSPS) is 16.2. The SMILES string of the molecule is O=C(Cn1nc(-c2ccccc2Cl)ccc1=O)Nc1nnc(C2CCCO2)s1. The van der Waals surface area contributed by atoms with Crippen molar-refractivity contribution in [2.24, 2.45) is 0 Å². The van der Waals surface area contributed by atoms with Crippen LogP contribution in [-0.4, -0.2) is 32.5 Å². The van der Waals surface area contributed by atoms with Crippen LogP contribution in [0, 0.1) is 0 Å². The molecule has 0 spiro atoms. The van der Waals surface area contributed by atoms with Crippen molar-refractivity contribution in [3.8, 4) is 11.3 Å². The van der Waals surface area contributed by atoms with Crippen molar-refractivity contribution < 1.29 is 9.53 Å².